The Bertz CT molecular complexity index is 363. The SMILES string of the molecule is COC(=O)NCCc1cc(C)ccc1OC. The molecule has 0 aliphatic rings. The fourth-order valence-corrected chi connectivity index (χ4v) is 1.47. The summed E-state index contributed by atoms with van der Waals surface area (Å²) in [4.78, 5) is 10.9. The highest BCUT2D eigenvalue weighted by Gasteiger charge is 2.04. The van der Waals surface area contributed by atoms with Gasteiger partial charge in [-0.1, -0.05) is 17.7 Å². The van der Waals surface area contributed by atoms with E-state index in [0.717, 1.165) is 17.7 Å². The fraction of sp³-hybridized carbons (Fsp3) is 0.417. The third-order valence-electron chi connectivity index (χ3n) is 2.28. The molecule has 4 heteroatoms. The predicted octanol–water partition coefficient (Wildman–Crippen LogP) is 1.90. The molecule has 4 nitrogen and oxygen atoms in total. The van der Waals surface area contributed by atoms with Crippen LogP contribution in [0, 0.1) is 6.92 Å². The first kappa shape index (κ1) is 12.4. The number of rotatable bonds is 4. The number of methoxy groups -OCH3 is 2. The van der Waals surface area contributed by atoms with E-state index in [1.54, 1.807) is 7.11 Å². The summed E-state index contributed by atoms with van der Waals surface area (Å²) in [6, 6.07) is 5.98. The maximum atomic E-state index is 10.9. The lowest BCUT2D eigenvalue weighted by atomic mass is 10.1. The first-order chi connectivity index (χ1) is 7.67. The van der Waals surface area contributed by atoms with Gasteiger partial charge in [-0.15, -0.1) is 0 Å². The third kappa shape index (κ3) is 3.46. The average molecular weight is 223 g/mol. The molecule has 0 aliphatic heterocycles. The number of nitrogens with one attached hydrogen (secondary N) is 1. The van der Waals surface area contributed by atoms with E-state index >= 15 is 0 Å². The maximum absolute atomic E-state index is 10.9. The van der Waals surface area contributed by atoms with Gasteiger partial charge in [0.15, 0.2) is 0 Å². The monoisotopic (exact) mass is 223 g/mol. The van der Waals surface area contributed by atoms with Crippen LogP contribution in [0.2, 0.25) is 0 Å². The Labute approximate surface area is 95.6 Å². The van der Waals surface area contributed by atoms with E-state index in [9.17, 15) is 4.79 Å². The molecule has 0 spiro atoms. The van der Waals surface area contributed by atoms with Crippen molar-refractivity contribution in [1.82, 2.24) is 5.32 Å². The molecule has 0 bridgehead atoms. The van der Waals surface area contributed by atoms with Crippen molar-refractivity contribution in [3.05, 3.63) is 29.3 Å². The minimum absolute atomic E-state index is 0.411. The number of aryl methyl sites for hydroxylation is 1. The zero-order valence-electron chi connectivity index (χ0n) is 9.87. The van der Waals surface area contributed by atoms with E-state index in [1.807, 2.05) is 19.1 Å². The summed E-state index contributed by atoms with van der Waals surface area (Å²) in [5, 5.41) is 2.63. The zero-order valence-corrected chi connectivity index (χ0v) is 9.87. The smallest absolute Gasteiger partial charge is 0.406 e. The maximum Gasteiger partial charge on any atom is 0.406 e. The molecule has 88 valence electrons. The van der Waals surface area contributed by atoms with Gasteiger partial charge in [0.1, 0.15) is 5.75 Å². The first-order valence-corrected chi connectivity index (χ1v) is 5.12. The number of benzene rings is 1. The molecule has 0 saturated heterocycles. The van der Waals surface area contributed by atoms with Crippen molar-refractivity contribution in [2.75, 3.05) is 20.8 Å². The highest BCUT2D eigenvalue weighted by molar-refractivity contribution is 5.66. The van der Waals surface area contributed by atoms with Crippen LogP contribution in [0.5, 0.6) is 5.75 Å². The molecule has 0 unspecified atom stereocenters. The Balaban J connectivity index is 2.58. The van der Waals surface area contributed by atoms with Crippen LogP contribution in [0.1, 0.15) is 11.1 Å². The summed E-state index contributed by atoms with van der Waals surface area (Å²) in [7, 11) is 2.99. The number of alkyl carbamates (subject to hydrolysis) is 1. The second-order valence-electron chi connectivity index (χ2n) is 3.48. The van der Waals surface area contributed by atoms with Crippen LogP contribution >= 0.6 is 0 Å². The minimum Gasteiger partial charge on any atom is -0.496 e. The van der Waals surface area contributed by atoms with Crippen molar-refractivity contribution >= 4 is 6.09 Å². The molecule has 1 aromatic carbocycles. The van der Waals surface area contributed by atoms with Crippen LogP contribution in [-0.2, 0) is 11.2 Å². The predicted molar refractivity (Wildman–Crippen MR) is 61.8 cm³/mol. The van der Waals surface area contributed by atoms with Crippen LogP contribution < -0.4 is 10.1 Å². The zero-order chi connectivity index (χ0) is 12.0. The van der Waals surface area contributed by atoms with Gasteiger partial charge in [0.2, 0.25) is 0 Å². The van der Waals surface area contributed by atoms with E-state index in [1.165, 1.54) is 12.7 Å². The molecule has 16 heavy (non-hydrogen) atoms. The lowest BCUT2D eigenvalue weighted by Crippen LogP contribution is -2.25. The molecule has 0 heterocycles. The Morgan fingerprint density at radius 1 is 1.38 bits per heavy atom. The molecular formula is C12H17NO3. The van der Waals surface area contributed by atoms with Crippen molar-refractivity contribution in [2.24, 2.45) is 0 Å². The van der Waals surface area contributed by atoms with E-state index in [2.05, 4.69) is 16.1 Å². The number of carbonyl (C=O) groups excluding carboxylic acids is 1. The number of ether oxygens (including phenoxy) is 2. The quantitative estimate of drug-likeness (QED) is 0.848. The molecule has 0 atom stereocenters. The fourth-order valence-electron chi connectivity index (χ4n) is 1.47. The summed E-state index contributed by atoms with van der Waals surface area (Å²) >= 11 is 0. The van der Waals surface area contributed by atoms with E-state index in [-0.39, 0.29) is 0 Å². The Morgan fingerprint density at radius 2 is 2.12 bits per heavy atom. The largest absolute Gasteiger partial charge is 0.496 e. The van der Waals surface area contributed by atoms with Gasteiger partial charge in [-0.05, 0) is 25.0 Å². The highest BCUT2D eigenvalue weighted by atomic mass is 16.5. The summed E-state index contributed by atoms with van der Waals surface area (Å²) in [5.74, 6) is 0.845. The molecule has 1 rings (SSSR count). The van der Waals surface area contributed by atoms with Gasteiger partial charge in [0.25, 0.3) is 0 Å². The summed E-state index contributed by atoms with van der Waals surface area (Å²) in [6.45, 7) is 2.56. The molecule has 0 radical (unpaired) electrons. The number of amides is 1. The van der Waals surface area contributed by atoms with E-state index in [4.69, 9.17) is 4.74 Å². The van der Waals surface area contributed by atoms with E-state index < -0.39 is 6.09 Å². The number of carbonyl (C=O) groups is 1. The molecule has 1 aromatic rings. The van der Waals surface area contributed by atoms with Gasteiger partial charge in [0, 0.05) is 6.54 Å². The lowest BCUT2D eigenvalue weighted by Gasteiger charge is -2.09. The van der Waals surface area contributed by atoms with Crippen LogP contribution in [0.15, 0.2) is 18.2 Å². The van der Waals surface area contributed by atoms with Gasteiger partial charge < -0.3 is 14.8 Å². The number of hydrogen-bond acceptors (Lipinski definition) is 3. The summed E-state index contributed by atoms with van der Waals surface area (Å²) in [5.41, 5.74) is 2.26. The Hall–Kier alpha value is -1.71. The molecule has 0 aliphatic carbocycles. The molecule has 0 aromatic heterocycles. The van der Waals surface area contributed by atoms with Gasteiger partial charge in [0.05, 0.1) is 14.2 Å². The molecule has 0 saturated carbocycles. The molecule has 1 amide bonds. The first-order valence-electron chi connectivity index (χ1n) is 5.12. The molecule has 1 N–H and O–H groups in total. The van der Waals surface area contributed by atoms with Crippen LogP contribution in [0.3, 0.4) is 0 Å². The second kappa shape index (κ2) is 6.00. The highest BCUT2D eigenvalue weighted by Crippen LogP contribution is 2.19. The Kier molecular flexibility index (Phi) is 4.64. The second-order valence-corrected chi connectivity index (χ2v) is 3.48. The summed E-state index contributed by atoms with van der Waals surface area (Å²) in [6.07, 6.45) is 0.312. The standard InChI is InChI=1S/C12H17NO3/c1-9-4-5-11(15-2)10(8-9)6-7-13-12(14)16-3/h4-5,8H,6-7H2,1-3H3,(H,13,14). The topological polar surface area (TPSA) is 47.6 Å². The normalized spacial score (nSPS) is 9.69. The Morgan fingerprint density at radius 3 is 2.75 bits per heavy atom. The van der Waals surface area contributed by atoms with Crippen molar-refractivity contribution in [3.8, 4) is 5.75 Å². The van der Waals surface area contributed by atoms with Gasteiger partial charge >= 0.3 is 6.09 Å². The van der Waals surface area contributed by atoms with Crippen LogP contribution in [0.25, 0.3) is 0 Å². The van der Waals surface area contributed by atoms with Crippen LogP contribution in [0.4, 0.5) is 4.79 Å². The van der Waals surface area contributed by atoms with Gasteiger partial charge in [-0.3, -0.25) is 0 Å². The average Bonchev–Trinajstić information content (AvgIpc) is 2.29. The van der Waals surface area contributed by atoms with Gasteiger partial charge in [-0.2, -0.15) is 0 Å². The van der Waals surface area contributed by atoms with Crippen LogP contribution in [-0.4, -0.2) is 26.9 Å². The minimum atomic E-state index is -0.411. The van der Waals surface area contributed by atoms with Crippen molar-refractivity contribution < 1.29 is 14.3 Å². The lowest BCUT2D eigenvalue weighted by molar-refractivity contribution is 0.171. The van der Waals surface area contributed by atoms with Crippen molar-refractivity contribution in [2.45, 2.75) is 13.3 Å². The van der Waals surface area contributed by atoms with E-state index in [0.29, 0.717) is 6.54 Å². The summed E-state index contributed by atoms with van der Waals surface area (Å²) < 4.78 is 9.73. The third-order valence-corrected chi connectivity index (χ3v) is 2.28. The van der Waals surface area contributed by atoms with Crippen molar-refractivity contribution in [1.29, 1.82) is 0 Å². The molecular weight excluding hydrogens is 206 g/mol. The molecule has 0 fully saturated rings. The van der Waals surface area contributed by atoms with Crippen molar-refractivity contribution in [3.63, 3.8) is 0 Å². The number of hydrogen-bond donors (Lipinski definition) is 1. The van der Waals surface area contributed by atoms with Gasteiger partial charge in [-0.25, -0.2) is 4.79 Å².